The highest BCUT2D eigenvalue weighted by molar-refractivity contribution is 6.02. The van der Waals surface area contributed by atoms with Gasteiger partial charge >= 0.3 is 0 Å². The summed E-state index contributed by atoms with van der Waals surface area (Å²) >= 11 is 0. The van der Waals surface area contributed by atoms with Crippen LogP contribution in [0.25, 0.3) is 33.4 Å². The maximum atomic E-state index is 11.7. The molecule has 0 unspecified atom stereocenters. The van der Waals surface area contributed by atoms with E-state index in [-0.39, 0.29) is 11.2 Å². The van der Waals surface area contributed by atoms with Crippen LogP contribution in [0.5, 0.6) is 5.75 Å². The molecule has 0 atom stereocenters. The highest BCUT2D eigenvalue weighted by Gasteiger charge is 2.18. The Morgan fingerprint density at radius 2 is 1.58 bits per heavy atom. The third-order valence-electron chi connectivity index (χ3n) is 4.33. The van der Waals surface area contributed by atoms with Crippen molar-refractivity contribution in [2.45, 2.75) is 27.7 Å². The lowest BCUT2D eigenvalue weighted by Crippen LogP contribution is -2.00. The predicted octanol–water partition coefficient (Wildman–Crippen LogP) is 5.91. The average molecular weight is 346 g/mol. The second-order valence-corrected chi connectivity index (χ2v) is 6.13. The largest absolute Gasteiger partial charge is 0.508 e. The van der Waals surface area contributed by atoms with Crippen molar-refractivity contribution >= 4 is 11.0 Å². The van der Waals surface area contributed by atoms with Gasteiger partial charge in [0.2, 0.25) is 0 Å². The van der Waals surface area contributed by atoms with Crippen LogP contribution >= 0.6 is 0 Å². The summed E-state index contributed by atoms with van der Waals surface area (Å²) < 4.78 is 5.87. The fourth-order valence-corrected chi connectivity index (χ4v) is 3.24. The van der Waals surface area contributed by atoms with Gasteiger partial charge in [-0.1, -0.05) is 37.6 Å². The van der Waals surface area contributed by atoms with Crippen LogP contribution in [0.15, 0.2) is 63.8 Å². The highest BCUT2D eigenvalue weighted by Crippen LogP contribution is 2.41. The smallest absolute Gasteiger partial charge is 0.182 e. The zero-order valence-electron chi connectivity index (χ0n) is 15.5. The van der Waals surface area contributed by atoms with Gasteiger partial charge in [0, 0.05) is 28.6 Å². The standard InChI is InChI=1S/C21H16O3.C2H6/c1-12-3-6-16(13(2)9-12)21-17-7-4-14(22)10-19(17)24-20-11-15(23)5-8-18(20)21;1-2/h3-11,22H,1-2H3;1-2H3. The number of aryl methyl sites for hydroxylation is 2. The summed E-state index contributed by atoms with van der Waals surface area (Å²) in [5, 5.41) is 10.7. The number of phenols is 1. The summed E-state index contributed by atoms with van der Waals surface area (Å²) in [6.45, 7) is 8.14. The Labute approximate surface area is 152 Å². The Morgan fingerprint density at radius 3 is 2.31 bits per heavy atom. The van der Waals surface area contributed by atoms with E-state index >= 15 is 0 Å². The van der Waals surface area contributed by atoms with Gasteiger partial charge in [-0.05, 0) is 49.2 Å². The number of rotatable bonds is 1. The number of benzene rings is 3. The number of phenolic OH excluding ortho intramolecular Hbond substituents is 1. The maximum Gasteiger partial charge on any atom is 0.182 e. The molecule has 1 N–H and O–H groups in total. The zero-order valence-corrected chi connectivity index (χ0v) is 15.5. The lowest BCUT2D eigenvalue weighted by atomic mass is 9.90. The van der Waals surface area contributed by atoms with E-state index in [2.05, 4.69) is 32.0 Å². The molecule has 2 aromatic carbocycles. The summed E-state index contributed by atoms with van der Waals surface area (Å²) in [6, 6.07) is 16.2. The van der Waals surface area contributed by atoms with Crippen molar-refractivity contribution in [1.82, 2.24) is 0 Å². The van der Waals surface area contributed by atoms with Crippen LogP contribution in [0.1, 0.15) is 25.0 Å². The summed E-state index contributed by atoms with van der Waals surface area (Å²) in [7, 11) is 0. The summed E-state index contributed by atoms with van der Waals surface area (Å²) in [5.41, 5.74) is 5.81. The quantitative estimate of drug-likeness (QED) is 0.436. The summed E-state index contributed by atoms with van der Waals surface area (Å²) in [4.78, 5) is 11.7. The molecule has 2 aromatic rings. The third kappa shape index (κ3) is 3.08. The molecule has 0 spiro atoms. The van der Waals surface area contributed by atoms with Gasteiger partial charge in [-0.15, -0.1) is 0 Å². The molecule has 2 aliphatic rings. The van der Waals surface area contributed by atoms with Crippen LogP contribution in [0.4, 0.5) is 0 Å². The van der Waals surface area contributed by atoms with Gasteiger partial charge in [0.1, 0.15) is 17.1 Å². The van der Waals surface area contributed by atoms with Crippen molar-refractivity contribution in [1.29, 1.82) is 0 Å². The molecular weight excluding hydrogens is 324 g/mol. The topological polar surface area (TPSA) is 50.4 Å². The van der Waals surface area contributed by atoms with Gasteiger partial charge in [0.15, 0.2) is 5.43 Å². The number of hydrogen-bond acceptors (Lipinski definition) is 3. The first-order chi connectivity index (χ1) is 12.5. The van der Waals surface area contributed by atoms with Crippen molar-refractivity contribution in [2.75, 3.05) is 0 Å². The minimum absolute atomic E-state index is 0.0997. The van der Waals surface area contributed by atoms with Crippen LogP contribution in [0.3, 0.4) is 0 Å². The second-order valence-electron chi connectivity index (χ2n) is 6.13. The van der Waals surface area contributed by atoms with Crippen molar-refractivity contribution in [2.24, 2.45) is 0 Å². The molecule has 1 heterocycles. The van der Waals surface area contributed by atoms with E-state index in [1.165, 1.54) is 11.6 Å². The van der Waals surface area contributed by atoms with Crippen molar-refractivity contribution < 1.29 is 9.52 Å². The van der Waals surface area contributed by atoms with Crippen LogP contribution in [-0.4, -0.2) is 5.11 Å². The van der Waals surface area contributed by atoms with E-state index in [1.807, 2.05) is 26.0 Å². The Bertz CT molecular complexity index is 1110. The van der Waals surface area contributed by atoms with E-state index in [0.29, 0.717) is 11.3 Å². The van der Waals surface area contributed by atoms with E-state index in [0.717, 1.165) is 27.6 Å². The molecule has 0 radical (unpaired) electrons. The lowest BCUT2D eigenvalue weighted by Gasteiger charge is -2.17. The highest BCUT2D eigenvalue weighted by atomic mass is 16.3. The SMILES string of the molecule is CC.Cc1ccc(-c2c3ccc(=O)cc-3oc3cc(O)ccc23)c(C)c1. The average Bonchev–Trinajstić information content (AvgIpc) is 2.61. The first kappa shape index (κ1) is 17.7. The van der Waals surface area contributed by atoms with Crippen molar-refractivity contribution in [3.05, 3.63) is 75.9 Å². The zero-order chi connectivity index (χ0) is 18.8. The third-order valence-corrected chi connectivity index (χ3v) is 4.33. The second kappa shape index (κ2) is 7.04. The first-order valence-electron chi connectivity index (χ1n) is 8.80. The van der Waals surface area contributed by atoms with Gasteiger partial charge < -0.3 is 9.52 Å². The lowest BCUT2D eigenvalue weighted by molar-refractivity contribution is 0.474. The monoisotopic (exact) mass is 346 g/mol. The molecule has 0 aromatic heterocycles. The molecule has 1 aliphatic carbocycles. The van der Waals surface area contributed by atoms with Crippen LogP contribution in [0, 0.1) is 13.8 Å². The Balaban J connectivity index is 0.000000948. The van der Waals surface area contributed by atoms with E-state index in [1.54, 1.807) is 18.2 Å². The Morgan fingerprint density at radius 1 is 0.846 bits per heavy atom. The van der Waals surface area contributed by atoms with E-state index < -0.39 is 0 Å². The first-order valence-corrected chi connectivity index (χ1v) is 8.80. The molecule has 3 heteroatoms. The number of fused-ring (bicyclic) bond motifs is 2. The fourth-order valence-electron chi connectivity index (χ4n) is 3.24. The van der Waals surface area contributed by atoms with Gasteiger partial charge in [-0.3, -0.25) is 4.79 Å². The Kier molecular flexibility index (Phi) is 4.81. The van der Waals surface area contributed by atoms with Crippen molar-refractivity contribution in [3.8, 4) is 28.2 Å². The van der Waals surface area contributed by atoms with Crippen molar-refractivity contribution in [3.63, 3.8) is 0 Å². The molecule has 0 fully saturated rings. The van der Waals surface area contributed by atoms with Gasteiger partial charge in [-0.25, -0.2) is 0 Å². The molecule has 0 saturated heterocycles. The number of hydrogen-bond donors (Lipinski definition) is 1. The van der Waals surface area contributed by atoms with Gasteiger partial charge in [0.05, 0.1) is 0 Å². The summed E-state index contributed by atoms with van der Waals surface area (Å²) in [6.07, 6.45) is 0. The van der Waals surface area contributed by atoms with Crippen LogP contribution < -0.4 is 5.43 Å². The normalized spacial score (nSPS) is 10.6. The van der Waals surface area contributed by atoms with Crippen LogP contribution in [-0.2, 0) is 0 Å². The molecule has 132 valence electrons. The summed E-state index contributed by atoms with van der Waals surface area (Å²) in [5.74, 6) is 0.658. The molecule has 1 aliphatic heterocycles. The number of aromatic hydroxyl groups is 1. The molecule has 0 bridgehead atoms. The fraction of sp³-hybridized carbons (Fsp3) is 0.174. The molecule has 0 amide bonds. The molecular formula is C23H22O3. The molecule has 4 rings (SSSR count). The van der Waals surface area contributed by atoms with E-state index in [9.17, 15) is 9.90 Å². The Hall–Kier alpha value is -3.07. The predicted molar refractivity (Wildman–Crippen MR) is 107 cm³/mol. The molecule has 26 heavy (non-hydrogen) atoms. The van der Waals surface area contributed by atoms with E-state index in [4.69, 9.17) is 4.42 Å². The maximum absolute atomic E-state index is 11.7. The van der Waals surface area contributed by atoms with Gasteiger partial charge in [-0.2, -0.15) is 0 Å². The minimum atomic E-state index is -0.0997. The van der Waals surface area contributed by atoms with Gasteiger partial charge in [0.25, 0.3) is 0 Å². The van der Waals surface area contributed by atoms with Crippen LogP contribution in [0.2, 0.25) is 0 Å². The molecule has 3 nitrogen and oxygen atoms in total. The molecule has 0 saturated carbocycles. The minimum Gasteiger partial charge on any atom is -0.508 e.